The van der Waals surface area contributed by atoms with Crippen LogP contribution in [0.5, 0.6) is 0 Å². The van der Waals surface area contributed by atoms with Crippen LogP contribution in [-0.4, -0.2) is 22.3 Å². The molecule has 25 heavy (non-hydrogen) atoms. The fourth-order valence-electron chi connectivity index (χ4n) is 2.11. The van der Waals surface area contributed by atoms with Crippen molar-refractivity contribution in [2.75, 3.05) is 6.16 Å². The highest BCUT2D eigenvalue weighted by atomic mass is 31.2. The van der Waals surface area contributed by atoms with Crippen LogP contribution < -0.4 is 10.2 Å². The van der Waals surface area contributed by atoms with Crippen LogP contribution in [0.4, 0.5) is 13.2 Å². The maximum absolute atomic E-state index is 12.6. The number of hydrogen-bond donors (Lipinski definition) is 2. The van der Waals surface area contributed by atoms with Gasteiger partial charge in [-0.15, -0.1) is 0 Å². The highest BCUT2D eigenvalue weighted by molar-refractivity contribution is 7.59. The van der Waals surface area contributed by atoms with Crippen molar-refractivity contribution in [1.82, 2.24) is 20.3 Å². The Morgan fingerprint density at radius 1 is 1.24 bits per heavy atom. The first-order valence-corrected chi connectivity index (χ1v) is 9.64. The molecule has 0 aliphatic carbocycles. The van der Waals surface area contributed by atoms with E-state index >= 15 is 0 Å². The van der Waals surface area contributed by atoms with Crippen molar-refractivity contribution >= 4 is 7.44 Å². The fourth-order valence-corrected chi connectivity index (χ4v) is 3.88. The molecule has 1 atom stereocenters. The first kappa shape index (κ1) is 19.6. The molecule has 138 valence electrons. The molecule has 1 unspecified atom stereocenters. The van der Waals surface area contributed by atoms with Crippen molar-refractivity contribution < 1.29 is 22.3 Å². The van der Waals surface area contributed by atoms with Gasteiger partial charge in [0.1, 0.15) is 0 Å². The number of benzene rings is 1. The van der Waals surface area contributed by atoms with Crippen LogP contribution in [0.3, 0.4) is 0 Å². The Balaban J connectivity index is 2.05. The Hall–Kier alpha value is -1.70. The van der Waals surface area contributed by atoms with E-state index in [-0.39, 0.29) is 11.9 Å². The van der Waals surface area contributed by atoms with E-state index in [4.69, 9.17) is 0 Å². The van der Waals surface area contributed by atoms with Gasteiger partial charge in [0, 0.05) is 24.3 Å². The van der Waals surface area contributed by atoms with Crippen molar-refractivity contribution in [3.63, 3.8) is 0 Å². The summed E-state index contributed by atoms with van der Waals surface area (Å²) in [5.41, 5.74) is 1.24. The molecule has 0 saturated carbocycles. The summed E-state index contributed by atoms with van der Waals surface area (Å²) in [4.78, 5) is 3.34. The van der Waals surface area contributed by atoms with Gasteiger partial charge >= 0.3 is 12.1 Å². The lowest BCUT2D eigenvalue weighted by Crippen LogP contribution is -2.28. The smallest absolute Gasteiger partial charge is 0.329 e. The monoisotopic (exact) mass is 376 g/mol. The summed E-state index contributed by atoms with van der Waals surface area (Å²) in [5.74, 6) is -1.51. The average molecular weight is 376 g/mol. The summed E-state index contributed by atoms with van der Waals surface area (Å²) >= 11 is 0. The maximum atomic E-state index is 12.6. The zero-order valence-electron chi connectivity index (χ0n) is 14.1. The minimum absolute atomic E-state index is 0.0849. The van der Waals surface area contributed by atoms with Gasteiger partial charge in [0.25, 0.3) is 0 Å². The molecule has 2 rings (SSSR count). The Labute approximate surface area is 143 Å². The van der Waals surface area contributed by atoms with Gasteiger partial charge in [-0.05, 0) is 19.4 Å². The van der Waals surface area contributed by atoms with E-state index in [1.165, 1.54) is 0 Å². The van der Waals surface area contributed by atoms with Crippen LogP contribution in [0.2, 0.25) is 0 Å². The Morgan fingerprint density at radius 3 is 2.36 bits per heavy atom. The van der Waals surface area contributed by atoms with Crippen molar-refractivity contribution in [1.29, 1.82) is 0 Å². The van der Waals surface area contributed by atoms with Crippen LogP contribution in [-0.2, 0) is 17.3 Å². The van der Waals surface area contributed by atoms with Crippen LogP contribution in [0.1, 0.15) is 32.2 Å². The highest BCUT2D eigenvalue weighted by Crippen LogP contribution is 2.36. The molecule has 0 bridgehead atoms. The largest absolute Gasteiger partial charge is 0.471 e. The van der Waals surface area contributed by atoms with Gasteiger partial charge in [0.2, 0.25) is 13.3 Å². The Bertz CT molecular complexity index is 744. The van der Waals surface area contributed by atoms with Gasteiger partial charge in [-0.1, -0.05) is 36.3 Å². The molecular formula is C15H20F3N4O2P. The predicted octanol–water partition coefficient (Wildman–Crippen LogP) is 4.06. The standard InChI is InChI=1S/C15H20F3N4O2P/c1-4-25(23,22-10(2)3)19-9-11-5-7-12(8-6-11)13-20-14(24-21-13)15(16,17)18/h5-8,10H,4,9H2,1-3H3,(H2,19,22,23). The zero-order valence-corrected chi connectivity index (χ0v) is 15.0. The van der Waals surface area contributed by atoms with Crippen molar-refractivity contribution in [3.05, 3.63) is 35.7 Å². The van der Waals surface area contributed by atoms with Gasteiger partial charge < -0.3 is 4.52 Å². The summed E-state index contributed by atoms with van der Waals surface area (Å²) in [5, 5.41) is 9.40. The summed E-state index contributed by atoms with van der Waals surface area (Å²) in [7, 11) is -2.67. The molecule has 0 saturated heterocycles. The van der Waals surface area contributed by atoms with Gasteiger partial charge in [0.05, 0.1) is 0 Å². The van der Waals surface area contributed by atoms with Crippen molar-refractivity contribution in [2.45, 2.75) is 39.5 Å². The SMILES string of the molecule is CCP(=O)(NCc1ccc(-c2noc(C(F)(F)F)n2)cc1)NC(C)C. The van der Waals surface area contributed by atoms with E-state index in [0.717, 1.165) is 5.56 Å². The lowest BCUT2D eigenvalue weighted by molar-refractivity contribution is -0.159. The quantitative estimate of drug-likeness (QED) is 0.710. The van der Waals surface area contributed by atoms with Crippen molar-refractivity contribution in [2.24, 2.45) is 0 Å². The third kappa shape index (κ3) is 5.39. The second kappa shape index (κ2) is 7.68. The lowest BCUT2D eigenvalue weighted by Gasteiger charge is -2.21. The number of rotatable bonds is 7. The first-order valence-electron chi connectivity index (χ1n) is 7.75. The third-order valence-electron chi connectivity index (χ3n) is 3.33. The second-order valence-electron chi connectivity index (χ2n) is 5.79. The molecule has 6 nitrogen and oxygen atoms in total. The summed E-state index contributed by atoms with van der Waals surface area (Å²) in [6.07, 6.45) is -4.20. The third-order valence-corrected chi connectivity index (χ3v) is 5.82. The summed E-state index contributed by atoms with van der Waals surface area (Å²) < 4.78 is 54.2. The molecule has 0 aliphatic rings. The molecule has 1 aromatic carbocycles. The van der Waals surface area contributed by atoms with E-state index in [9.17, 15) is 17.7 Å². The topological polar surface area (TPSA) is 80.1 Å². The van der Waals surface area contributed by atoms with Crippen LogP contribution in [0, 0.1) is 0 Å². The number of hydrogen-bond acceptors (Lipinski definition) is 4. The molecule has 1 aromatic heterocycles. The number of nitrogens with zero attached hydrogens (tertiary/aromatic N) is 2. The number of aromatic nitrogens is 2. The normalized spacial score (nSPS) is 14.7. The van der Waals surface area contributed by atoms with Gasteiger partial charge in [0.15, 0.2) is 0 Å². The van der Waals surface area contributed by atoms with Crippen molar-refractivity contribution in [3.8, 4) is 11.4 Å². The molecule has 0 radical (unpaired) electrons. The minimum atomic E-state index is -4.67. The predicted molar refractivity (Wildman–Crippen MR) is 88.0 cm³/mol. The molecule has 2 N–H and O–H groups in total. The van der Waals surface area contributed by atoms with E-state index in [1.54, 1.807) is 24.3 Å². The first-order chi connectivity index (χ1) is 11.6. The highest BCUT2D eigenvalue weighted by Gasteiger charge is 2.38. The Kier molecular flexibility index (Phi) is 6.03. The zero-order chi connectivity index (χ0) is 18.7. The number of alkyl halides is 3. The van der Waals surface area contributed by atoms with Gasteiger partial charge in [-0.2, -0.15) is 18.2 Å². The fraction of sp³-hybridized carbons (Fsp3) is 0.467. The molecule has 0 amide bonds. The summed E-state index contributed by atoms with van der Waals surface area (Å²) in [6, 6.07) is 6.69. The number of nitrogens with one attached hydrogen (secondary N) is 2. The molecular weight excluding hydrogens is 356 g/mol. The molecule has 1 heterocycles. The molecule has 0 fully saturated rings. The van der Waals surface area contributed by atoms with Crippen LogP contribution in [0.25, 0.3) is 11.4 Å². The molecule has 2 aromatic rings. The molecule has 0 aliphatic heterocycles. The average Bonchev–Trinajstić information content (AvgIpc) is 3.03. The minimum Gasteiger partial charge on any atom is -0.329 e. The van der Waals surface area contributed by atoms with E-state index in [2.05, 4.69) is 24.8 Å². The van der Waals surface area contributed by atoms with Gasteiger partial charge in [-0.25, -0.2) is 0 Å². The molecule has 10 heteroatoms. The maximum Gasteiger partial charge on any atom is 0.471 e. The van der Waals surface area contributed by atoms with Crippen LogP contribution in [0.15, 0.2) is 28.8 Å². The van der Waals surface area contributed by atoms with E-state index < -0.39 is 19.5 Å². The van der Waals surface area contributed by atoms with Gasteiger partial charge in [-0.3, -0.25) is 14.7 Å². The molecule has 0 spiro atoms. The Morgan fingerprint density at radius 2 is 1.88 bits per heavy atom. The van der Waals surface area contributed by atoms with E-state index in [1.807, 2.05) is 20.8 Å². The number of halogens is 3. The summed E-state index contributed by atoms with van der Waals surface area (Å²) in [6.45, 7) is 6.03. The lowest BCUT2D eigenvalue weighted by atomic mass is 10.1. The van der Waals surface area contributed by atoms with Crippen LogP contribution >= 0.6 is 7.44 Å². The second-order valence-corrected chi connectivity index (χ2v) is 8.48. The van der Waals surface area contributed by atoms with E-state index in [0.29, 0.717) is 18.3 Å².